The van der Waals surface area contributed by atoms with Gasteiger partial charge in [-0.3, -0.25) is 0 Å². The highest BCUT2D eigenvalue weighted by Gasteiger charge is 2.32. The van der Waals surface area contributed by atoms with E-state index in [9.17, 15) is 0 Å². The van der Waals surface area contributed by atoms with Crippen LogP contribution in [0, 0.1) is 0 Å². The molecular weight excluding hydrogens is 176 g/mol. The van der Waals surface area contributed by atoms with Crippen LogP contribution in [0.4, 0.5) is 0 Å². The molecule has 1 aliphatic heterocycles. The highest BCUT2D eigenvalue weighted by Crippen LogP contribution is 2.23. The third-order valence-electron chi connectivity index (χ3n) is 2.75. The van der Waals surface area contributed by atoms with Gasteiger partial charge in [-0.25, -0.2) is 0 Å². The first-order chi connectivity index (χ1) is 5.21. The zero-order valence-electron chi connectivity index (χ0n) is 7.88. The monoisotopic (exact) mass is 194 g/mol. The summed E-state index contributed by atoms with van der Waals surface area (Å²) < 4.78 is 5.29. The molecule has 0 amide bonds. The summed E-state index contributed by atoms with van der Waals surface area (Å²) in [5.41, 5.74) is 5.95. The van der Waals surface area contributed by atoms with Crippen molar-refractivity contribution < 1.29 is 4.74 Å². The molecule has 74 valence electrons. The van der Waals surface area contributed by atoms with E-state index in [0.29, 0.717) is 0 Å². The number of nitrogens with zero attached hydrogens (tertiary/aromatic N) is 1. The van der Waals surface area contributed by atoms with Crippen LogP contribution in [-0.4, -0.2) is 44.3 Å². The predicted molar refractivity (Wildman–Crippen MR) is 52.8 cm³/mol. The first-order valence-corrected chi connectivity index (χ1v) is 4.16. The second-order valence-corrected chi connectivity index (χ2v) is 3.44. The lowest BCUT2D eigenvalue weighted by molar-refractivity contribution is -0.00275. The van der Waals surface area contributed by atoms with E-state index in [1.54, 1.807) is 0 Å². The van der Waals surface area contributed by atoms with E-state index >= 15 is 0 Å². The van der Waals surface area contributed by atoms with Crippen LogP contribution in [0.25, 0.3) is 0 Å². The molecule has 1 saturated heterocycles. The van der Waals surface area contributed by atoms with Gasteiger partial charge in [-0.15, -0.1) is 12.4 Å². The fourth-order valence-corrected chi connectivity index (χ4v) is 1.59. The van der Waals surface area contributed by atoms with Gasteiger partial charge < -0.3 is 15.4 Å². The fraction of sp³-hybridized carbons (Fsp3) is 1.00. The van der Waals surface area contributed by atoms with E-state index in [4.69, 9.17) is 10.5 Å². The maximum Gasteiger partial charge on any atom is 0.0484 e. The van der Waals surface area contributed by atoms with Crippen LogP contribution in [0.5, 0.6) is 0 Å². The van der Waals surface area contributed by atoms with Crippen molar-refractivity contribution in [1.82, 2.24) is 4.90 Å². The number of nitrogens with two attached hydrogens (primary N) is 1. The van der Waals surface area contributed by atoms with Crippen molar-refractivity contribution in [2.45, 2.75) is 18.4 Å². The summed E-state index contributed by atoms with van der Waals surface area (Å²) in [6.07, 6.45) is 2.13. The van der Waals surface area contributed by atoms with Gasteiger partial charge in [-0.05, 0) is 26.9 Å². The van der Waals surface area contributed by atoms with Crippen molar-refractivity contribution >= 4 is 12.4 Å². The minimum Gasteiger partial charge on any atom is -0.381 e. The van der Waals surface area contributed by atoms with E-state index in [2.05, 4.69) is 19.0 Å². The quantitative estimate of drug-likeness (QED) is 0.695. The molecule has 0 aromatic heterocycles. The standard InChI is InChI=1S/C8H18N2O.ClH/c1-10(2)8(7-9)3-5-11-6-4-8;/h3-7,9H2,1-2H3;1H. The highest BCUT2D eigenvalue weighted by atomic mass is 35.5. The lowest BCUT2D eigenvalue weighted by atomic mass is 9.89. The number of hydrogen-bond donors (Lipinski definition) is 1. The number of halogens is 1. The first kappa shape index (κ1) is 12.2. The van der Waals surface area contributed by atoms with Crippen LogP contribution in [-0.2, 0) is 4.74 Å². The molecule has 0 unspecified atom stereocenters. The first-order valence-electron chi connectivity index (χ1n) is 4.16. The molecule has 0 aromatic rings. The second-order valence-electron chi connectivity index (χ2n) is 3.44. The molecule has 4 heteroatoms. The highest BCUT2D eigenvalue weighted by molar-refractivity contribution is 5.85. The van der Waals surface area contributed by atoms with Gasteiger partial charge in [0.05, 0.1) is 0 Å². The maximum atomic E-state index is 5.74. The summed E-state index contributed by atoms with van der Waals surface area (Å²) in [7, 11) is 4.19. The Morgan fingerprint density at radius 2 is 1.83 bits per heavy atom. The van der Waals surface area contributed by atoms with Gasteiger partial charge in [0, 0.05) is 25.3 Å². The van der Waals surface area contributed by atoms with Gasteiger partial charge in [-0.2, -0.15) is 0 Å². The summed E-state index contributed by atoms with van der Waals surface area (Å²) in [5.74, 6) is 0. The van der Waals surface area contributed by atoms with E-state index in [1.165, 1.54) is 0 Å². The van der Waals surface area contributed by atoms with E-state index in [-0.39, 0.29) is 17.9 Å². The van der Waals surface area contributed by atoms with Crippen molar-refractivity contribution in [3.63, 3.8) is 0 Å². The number of ether oxygens (including phenoxy) is 1. The van der Waals surface area contributed by atoms with Crippen molar-refractivity contribution in [2.75, 3.05) is 33.9 Å². The van der Waals surface area contributed by atoms with Crippen molar-refractivity contribution in [1.29, 1.82) is 0 Å². The molecule has 2 N–H and O–H groups in total. The molecule has 0 aromatic carbocycles. The molecule has 3 nitrogen and oxygen atoms in total. The Bertz CT molecular complexity index is 124. The van der Waals surface area contributed by atoms with Crippen LogP contribution in [0.2, 0.25) is 0 Å². The second kappa shape index (κ2) is 5.02. The minimum absolute atomic E-state index is 0. The van der Waals surface area contributed by atoms with Gasteiger partial charge in [0.2, 0.25) is 0 Å². The molecule has 0 atom stereocenters. The van der Waals surface area contributed by atoms with Crippen LogP contribution < -0.4 is 5.73 Å². The van der Waals surface area contributed by atoms with Crippen molar-refractivity contribution in [2.24, 2.45) is 5.73 Å². The molecule has 12 heavy (non-hydrogen) atoms. The lowest BCUT2D eigenvalue weighted by Crippen LogP contribution is -2.53. The average Bonchev–Trinajstić information content (AvgIpc) is 2.05. The van der Waals surface area contributed by atoms with Gasteiger partial charge in [0.15, 0.2) is 0 Å². The minimum atomic E-state index is 0. The summed E-state index contributed by atoms with van der Waals surface area (Å²) in [4.78, 5) is 2.23. The molecule has 1 fully saturated rings. The number of likely N-dealkylation sites (N-methyl/N-ethyl adjacent to an activating group) is 1. The molecular formula is C8H19ClN2O. The van der Waals surface area contributed by atoms with Gasteiger partial charge in [-0.1, -0.05) is 0 Å². The molecule has 0 bridgehead atoms. The Morgan fingerprint density at radius 3 is 2.08 bits per heavy atom. The summed E-state index contributed by atoms with van der Waals surface area (Å²) in [6, 6.07) is 0. The number of hydrogen-bond acceptors (Lipinski definition) is 3. The van der Waals surface area contributed by atoms with Crippen LogP contribution in [0.1, 0.15) is 12.8 Å². The molecule has 0 spiro atoms. The normalized spacial score (nSPS) is 22.0. The Balaban J connectivity index is 0.00000121. The molecule has 1 heterocycles. The van der Waals surface area contributed by atoms with Crippen LogP contribution in [0.3, 0.4) is 0 Å². The van der Waals surface area contributed by atoms with Crippen LogP contribution in [0.15, 0.2) is 0 Å². The van der Waals surface area contributed by atoms with E-state index in [1.807, 2.05) is 0 Å². The molecule has 1 rings (SSSR count). The molecule has 0 saturated carbocycles. The summed E-state index contributed by atoms with van der Waals surface area (Å²) in [6.45, 7) is 2.45. The molecule has 1 aliphatic rings. The zero-order valence-corrected chi connectivity index (χ0v) is 8.69. The SMILES string of the molecule is CN(C)C1(CN)CCOCC1.Cl. The predicted octanol–water partition coefficient (Wildman–Crippen LogP) is 0.478. The van der Waals surface area contributed by atoms with E-state index < -0.39 is 0 Å². The van der Waals surface area contributed by atoms with Crippen molar-refractivity contribution in [3.05, 3.63) is 0 Å². The largest absolute Gasteiger partial charge is 0.381 e. The molecule has 0 radical (unpaired) electrons. The smallest absolute Gasteiger partial charge is 0.0484 e. The third-order valence-corrected chi connectivity index (χ3v) is 2.75. The van der Waals surface area contributed by atoms with Gasteiger partial charge >= 0.3 is 0 Å². The number of rotatable bonds is 2. The maximum absolute atomic E-state index is 5.74. The summed E-state index contributed by atoms with van der Waals surface area (Å²) >= 11 is 0. The van der Waals surface area contributed by atoms with E-state index in [0.717, 1.165) is 32.6 Å². The lowest BCUT2D eigenvalue weighted by Gasteiger charge is -2.41. The average molecular weight is 195 g/mol. The van der Waals surface area contributed by atoms with Gasteiger partial charge in [0.25, 0.3) is 0 Å². The Labute approximate surface area is 80.7 Å². The Kier molecular flexibility index (Phi) is 5.09. The third kappa shape index (κ3) is 2.33. The van der Waals surface area contributed by atoms with Crippen molar-refractivity contribution in [3.8, 4) is 0 Å². The topological polar surface area (TPSA) is 38.5 Å². The summed E-state index contributed by atoms with van der Waals surface area (Å²) in [5, 5.41) is 0. The Morgan fingerprint density at radius 1 is 1.33 bits per heavy atom. The zero-order chi connectivity index (χ0) is 8.32. The molecule has 0 aliphatic carbocycles. The van der Waals surface area contributed by atoms with Crippen LogP contribution >= 0.6 is 12.4 Å². The van der Waals surface area contributed by atoms with Gasteiger partial charge in [0.1, 0.15) is 0 Å². The Hall–Kier alpha value is 0.170. The fourth-order valence-electron chi connectivity index (χ4n) is 1.59.